The fourth-order valence-corrected chi connectivity index (χ4v) is 5.58. The molecular weight excluding hydrogens is 374 g/mol. The molecule has 2 aliphatic rings. The largest absolute Gasteiger partial charge is 0.353 e. The highest BCUT2D eigenvalue weighted by atomic mass is 32.2. The minimum absolute atomic E-state index is 0.343. The molecule has 0 bridgehead atoms. The molecule has 0 atom stereocenters. The van der Waals surface area contributed by atoms with E-state index in [2.05, 4.69) is 19.8 Å². The number of sulfonamides is 1. The lowest BCUT2D eigenvalue weighted by Crippen LogP contribution is -2.47. The van der Waals surface area contributed by atoms with Gasteiger partial charge in [-0.3, -0.25) is 9.88 Å². The zero-order chi connectivity index (χ0) is 19.4. The summed E-state index contributed by atoms with van der Waals surface area (Å²) in [4.78, 5) is 13.7. The van der Waals surface area contributed by atoms with Crippen molar-refractivity contribution in [3.8, 4) is 0 Å². The predicted octanol–water partition coefficient (Wildman–Crippen LogP) is 1.97. The van der Waals surface area contributed by atoms with E-state index in [-0.39, 0.29) is 0 Å². The first-order valence-electron chi connectivity index (χ1n) is 9.97. The molecule has 4 heterocycles. The van der Waals surface area contributed by atoms with Crippen molar-refractivity contribution in [3.63, 3.8) is 0 Å². The van der Waals surface area contributed by atoms with E-state index < -0.39 is 10.0 Å². The van der Waals surface area contributed by atoms with Gasteiger partial charge in [-0.1, -0.05) is 12.5 Å². The van der Waals surface area contributed by atoms with Gasteiger partial charge in [0.15, 0.2) is 0 Å². The summed E-state index contributed by atoms with van der Waals surface area (Å²) in [6.45, 7) is 5.25. The van der Waals surface area contributed by atoms with Crippen LogP contribution in [0.5, 0.6) is 0 Å². The predicted molar refractivity (Wildman–Crippen MR) is 109 cm³/mol. The van der Waals surface area contributed by atoms with E-state index in [0.717, 1.165) is 57.7 Å². The van der Waals surface area contributed by atoms with Crippen molar-refractivity contribution in [3.05, 3.63) is 48.4 Å². The van der Waals surface area contributed by atoms with Gasteiger partial charge in [-0.25, -0.2) is 13.4 Å². The van der Waals surface area contributed by atoms with Crippen molar-refractivity contribution >= 4 is 15.8 Å². The van der Waals surface area contributed by atoms with Crippen LogP contribution >= 0.6 is 0 Å². The number of pyridine rings is 2. The van der Waals surface area contributed by atoms with Crippen LogP contribution in [-0.2, 0) is 16.6 Å². The van der Waals surface area contributed by atoms with Crippen LogP contribution in [0.15, 0.2) is 47.6 Å². The lowest BCUT2D eigenvalue weighted by molar-refractivity contribution is 0.246. The Balaban J connectivity index is 1.47. The molecule has 0 radical (unpaired) electrons. The van der Waals surface area contributed by atoms with Crippen LogP contribution in [0.3, 0.4) is 0 Å². The highest BCUT2D eigenvalue weighted by Crippen LogP contribution is 2.28. The van der Waals surface area contributed by atoms with Crippen LogP contribution in [0.25, 0.3) is 0 Å². The van der Waals surface area contributed by atoms with Crippen molar-refractivity contribution in [2.24, 2.45) is 0 Å². The van der Waals surface area contributed by atoms with E-state index in [4.69, 9.17) is 0 Å². The van der Waals surface area contributed by atoms with E-state index in [1.54, 1.807) is 22.6 Å². The van der Waals surface area contributed by atoms with Gasteiger partial charge in [0.05, 0.1) is 5.69 Å². The Labute approximate surface area is 167 Å². The average molecular weight is 402 g/mol. The summed E-state index contributed by atoms with van der Waals surface area (Å²) in [6.07, 6.45) is 6.47. The second-order valence-corrected chi connectivity index (χ2v) is 9.28. The first kappa shape index (κ1) is 19.3. The van der Waals surface area contributed by atoms with Crippen LogP contribution in [0.1, 0.15) is 25.0 Å². The smallest absolute Gasteiger partial charge is 0.246 e. The standard InChI is InChI=1S/C20H27N5O2S/c26-28(27,25-11-4-1-5-12-25)19-8-6-10-22-20(19)24-15-13-23(14-16-24)17-18-7-2-3-9-21-18/h2-3,6-10H,1,4-5,11-17H2. The van der Waals surface area contributed by atoms with Crippen molar-refractivity contribution in [2.45, 2.75) is 30.7 Å². The van der Waals surface area contributed by atoms with Crippen LogP contribution < -0.4 is 4.90 Å². The molecular formula is C20H27N5O2S. The Kier molecular flexibility index (Phi) is 5.89. The molecule has 28 heavy (non-hydrogen) atoms. The maximum atomic E-state index is 13.2. The molecule has 2 saturated heterocycles. The topological polar surface area (TPSA) is 69.6 Å². The molecule has 0 unspecified atom stereocenters. The third-order valence-electron chi connectivity index (χ3n) is 5.47. The zero-order valence-corrected chi connectivity index (χ0v) is 16.9. The third kappa shape index (κ3) is 4.19. The number of rotatable bonds is 5. The average Bonchev–Trinajstić information content (AvgIpc) is 2.76. The Bertz CT molecular complexity index is 876. The summed E-state index contributed by atoms with van der Waals surface area (Å²) in [7, 11) is -3.50. The second kappa shape index (κ2) is 8.55. The van der Waals surface area contributed by atoms with Gasteiger partial charge in [-0.05, 0) is 37.1 Å². The van der Waals surface area contributed by atoms with Gasteiger partial charge in [0.1, 0.15) is 10.7 Å². The summed E-state index contributed by atoms with van der Waals surface area (Å²) in [5.41, 5.74) is 1.06. The summed E-state index contributed by atoms with van der Waals surface area (Å²) < 4.78 is 28.0. The molecule has 2 aromatic rings. The Hall–Kier alpha value is -2.03. The van der Waals surface area contributed by atoms with Gasteiger partial charge in [-0.2, -0.15) is 4.31 Å². The number of anilines is 1. The summed E-state index contributed by atoms with van der Waals surface area (Å²) in [6, 6.07) is 9.38. The third-order valence-corrected chi connectivity index (χ3v) is 7.39. The van der Waals surface area contributed by atoms with Crippen molar-refractivity contribution < 1.29 is 8.42 Å². The highest BCUT2D eigenvalue weighted by Gasteiger charge is 2.31. The molecule has 2 fully saturated rings. The molecule has 0 aliphatic carbocycles. The lowest BCUT2D eigenvalue weighted by atomic mass is 10.2. The van der Waals surface area contributed by atoms with Crippen LogP contribution in [0, 0.1) is 0 Å². The van der Waals surface area contributed by atoms with Gasteiger partial charge in [0.25, 0.3) is 0 Å². The summed E-state index contributed by atoms with van der Waals surface area (Å²) in [5, 5.41) is 0. The quantitative estimate of drug-likeness (QED) is 0.763. The van der Waals surface area contributed by atoms with E-state index in [1.165, 1.54) is 0 Å². The Morgan fingerprint density at radius 2 is 1.57 bits per heavy atom. The molecule has 0 amide bonds. The number of piperazine rings is 1. The van der Waals surface area contributed by atoms with Gasteiger partial charge >= 0.3 is 0 Å². The first-order chi connectivity index (χ1) is 13.6. The molecule has 2 aromatic heterocycles. The minimum Gasteiger partial charge on any atom is -0.353 e. The number of nitrogens with zero attached hydrogens (tertiary/aromatic N) is 5. The lowest BCUT2D eigenvalue weighted by Gasteiger charge is -2.36. The first-order valence-corrected chi connectivity index (χ1v) is 11.4. The fourth-order valence-electron chi connectivity index (χ4n) is 3.90. The SMILES string of the molecule is O=S(=O)(c1cccnc1N1CCN(Cc2ccccn2)CC1)N1CCCCC1. The molecule has 4 rings (SSSR count). The fraction of sp³-hybridized carbons (Fsp3) is 0.500. The van der Waals surface area contributed by atoms with E-state index in [9.17, 15) is 8.42 Å². The number of piperidine rings is 1. The number of aromatic nitrogens is 2. The highest BCUT2D eigenvalue weighted by molar-refractivity contribution is 7.89. The van der Waals surface area contributed by atoms with Gasteiger partial charge in [0, 0.05) is 58.2 Å². The van der Waals surface area contributed by atoms with Crippen LogP contribution in [0.4, 0.5) is 5.82 Å². The molecule has 0 spiro atoms. The van der Waals surface area contributed by atoms with E-state index >= 15 is 0 Å². The number of hydrogen-bond acceptors (Lipinski definition) is 6. The van der Waals surface area contributed by atoms with Crippen LogP contribution in [-0.4, -0.2) is 66.9 Å². The Morgan fingerprint density at radius 3 is 2.29 bits per heavy atom. The number of hydrogen-bond donors (Lipinski definition) is 0. The summed E-state index contributed by atoms with van der Waals surface area (Å²) in [5.74, 6) is 0.588. The monoisotopic (exact) mass is 401 g/mol. The maximum Gasteiger partial charge on any atom is 0.246 e. The van der Waals surface area contributed by atoms with E-state index in [1.807, 2.05) is 24.4 Å². The second-order valence-electron chi connectivity index (χ2n) is 7.37. The zero-order valence-electron chi connectivity index (χ0n) is 16.1. The van der Waals surface area contributed by atoms with Crippen molar-refractivity contribution in [1.82, 2.24) is 19.2 Å². The summed E-state index contributed by atoms with van der Waals surface area (Å²) >= 11 is 0. The van der Waals surface area contributed by atoms with Gasteiger partial charge in [0.2, 0.25) is 10.0 Å². The molecule has 0 aromatic carbocycles. The molecule has 0 N–H and O–H groups in total. The molecule has 8 heteroatoms. The van der Waals surface area contributed by atoms with Crippen molar-refractivity contribution in [2.75, 3.05) is 44.2 Å². The van der Waals surface area contributed by atoms with Gasteiger partial charge < -0.3 is 4.90 Å². The van der Waals surface area contributed by atoms with Crippen LogP contribution in [0.2, 0.25) is 0 Å². The minimum atomic E-state index is -3.50. The Morgan fingerprint density at radius 1 is 0.821 bits per heavy atom. The van der Waals surface area contributed by atoms with Crippen molar-refractivity contribution in [1.29, 1.82) is 0 Å². The maximum absolute atomic E-state index is 13.2. The normalized spacial score (nSPS) is 19.6. The molecule has 7 nitrogen and oxygen atoms in total. The molecule has 0 saturated carbocycles. The van der Waals surface area contributed by atoms with E-state index in [0.29, 0.717) is 23.8 Å². The van der Waals surface area contributed by atoms with Gasteiger partial charge in [-0.15, -0.1) is 0 Å². The molecule has 150 valence electrons. The molecule has 2 aliphatic heterocycles.